The molecule has 3 heterocycles. The summed E-state index contributed by atoms with van der Waals surface area (Å²) in [5, 5.41) is 3.15. The summed E-state index contributed by atoms with van der Waals surface area (Å²) in [5.41, 5.74) is 3.62. The summed E-state index contributed by atoms with van der Waals surface area (Å²) >= 11 is 0. The molecule has 0 radical (unpaired) electrons. The summed E-state index contributed by atoms with van der Waals surface area (Å²) in [4.78, 5) is 47.6. The van der Waals surface area contributed by atoms with Crippen LogP contribution in [0.1, 0.15) is 62.6 Å². The average Bonchev–Trinajstić information content (AvgIpc) is 3.67. The second kappa shape index (κ2) is 14.2. The maximum absolute atomic E-state index is 14.0. The SMILES string of the molecule is CC(C)CC(=O)N1CCCN(Cc2ccc3c(c2)OCCO3)CCCCNC(=O)[C@@H]2C[C@H]1CN2C(=O)C1Cc2ccccc2C1. The van der Waals surface area contributed by atoms with E-state index < -0.39 is 6.04 Å². The molecule has 9 heteroatoms. The number of amides is 3. The fourth-order valence-corrected chi connectivity index (χ4v) is 7.45. The quantitative estimate of drug-likeness (QED) is 0.550. The van der Waals surface area contributed by atoms with E-state index in [4.69, 9.17) is 9.47 Å². The zero-order valence-electron chi connectivity index (χ0n) is 26.8. The van der Waals surface area contributed by atoms with Gasteiger partial charge >= 0.3 is 0 Å². The molecule has 2 fully saturated rings. The number of hydrogen-bond acceptors (Lipinski definition) is 6. The van der Waals surface area contributed by atoms with Crippen molar-refractivity contribution in [2.45, 2.75) is 77.4 Å². The van der Waals surface area contributed by atoms with Crippen molar-refractivity contribution in [1.82, 2.24) is 20.0 Å². The minimum absolute atomic E-state index is 0.0417. The van der Waals surface area contributed by atoms with Crippen LogP contribution in [0.4, 0.5) is 0 Å². The predicted molar refractivity (Wildman–Crippen MR) is 172 cm³/mol. The highest BCUT2D eigenvalue weighted by atomic mass is 16.6. The molecule has 2 aromatic carbocycles. The Bertz CT molecular complexity index is 1350. The van der Waals surface area contributed by atoms with Gasteiger partial charge in [0.25, 0.3) is 0 Å². The number of fused-ring (bicyclic) bond motifs is 4. The Labute approximate surface area is 267 Å². The van der Waals surface area contributed by atoms with Crippen molar-refractivity contribution in [2.75, 3.05) is 45.9 Å². The van der Waals surface area contributed by atoms with E-state index in [-0.39, 0.29) is 35.6 Å². The lowest BCUT2D eigenvalue weighted by molar-refractivity contribution is -0.141. The molecule has 3 aliphatic heterocycles. The summed E-state index contributed by atoms with van der Waals surface area (Å²) < 4.78 is 11.5. The van der Waals surface area contributed by atoms with Gasteiger partial charge in [-0.05, 0) is 79.8 Å². The number of nitrogens with one attached hydrogen (secondary N) is 1. The van der Waals surface area contributed by atoms with Gasteiger partial charge in [-0.2, -0.15) is 0 Å². The van der Waals surface area contributed by atoms with Crippen LogP contribution >= 0.6 is 0 Å². The third-order valence-corrected chi connectivity index (χ3v) is 9.70. The van der Waals surface area contributed by atoms with Crippen molar-refractivity contribution in [1.29, 1.82) is 0 Å². The Kier molecular flexibility index (Phi) is 9.93. The molecule has 0 saturated carbocycles. The van der Waals surface area contributed by atoms with Gasteiger partial charge in [0.05, 0.1) is 6.04 Å². The topological polar surface area (TPSA) is 91.4 Å². The minimum atomic E-state index is -0.546. The minimum Gasteiger partial charge on any atom is -0.486 e. The van der Waals surface area contributed by atoms with E-state index >= 15 is 0 Å². The predicted octanol–water partition coefficient (Wildman–Crippen LogP) is 3.82. The van der Waals surface area contributed by atoms with Crippen molar-refractivity contribution in [3.63, 3.8) is 0 Å². The Morgan fingerprint density at radius 3 is 2.40 bits per heavy atom. The van der Waals surface area contributed by atoms with Crippen LogP contribution in [0.3, 0.4) is 0 Å². The largest absolute Gasteiger partial charge is 0.486 e. The average molecular weight is 617 g/mol. The van der Waals surface area contributed by atoms with Gasteiger partial charge in [0.2, 0.25) is 17.7 Å². The molecule has 2 aromatic rings. The second-order valence-electron chi connectivity index (χ2n) is 13.6. The normalized spacial score (nSPS) is 23.0. The molecule has 9 nitrogen and oxygen atoms in total. The zero-order valence-corrected chi connectivity index (χ0v) is 26.8. The third kappa shape index (κ3) is 7.46. The number of ether oxygens (including phenoxy) is 2. The van der Waals surface area contributed by atoms with E-state index in [1.807, 2.05) is 23.1 Å². The molecule has 0 aromatic heterocycles. The fraction of sp³-hybridized carbons (Fsp3) is 0.583. The Balaban J connectivity index is 1.18. The van der Waals surface area contributed by atoms with E-state index in [0.29, 0.717) is 58.5 Å². The van der Waals surface area contributed by atoms with Gasteiger partial charge in [-0.25, -0.2) is 0 Å². The maximum atomic E-state index is 14.0. The molecule has 242 valence electrons. The zero-order chi connectivity index (χ0) is 31.3. The molecule has 2 saturated heterocycles. The van der Waals surface area contributed by atoms with Crippen molar-refractivity contribution < 1.29 is 23.9 Å². The molecule has 3 amide bonds. The van der Waals surface area contributed by atoms with E-state index in [1.54, 1.807) is 4.90 Å². The molecule has 45 heavy (non-hydrogen) atoms. The van der Waals surface area contributed by atoms with Crippen LogP contribution in [0.2, 0.25) is 0 Å². The number of rotatable bonds is 5. The van der Waals surface area contributed by atoms with Gasteiger partial charge in [0.15, 0.2) is 11.5 Å². The highest BCUT2D eigenvalue weighted by Gasteiger charge is 2.45. The number of nitrogens with zero attached hydrogens (tertiary/aromatic N) is 3. The molecule has 2 atom stereocenters. The van der Waals surface area contributed by atoms with E-state index in [1.165, 1.54) is 16.7 Å². The van der Waals surface area contributed by atoms with Crippen LogP contribution in [-0.2, 0) is 33.8 Å². The first-order valence-electron chi connectivity index (χ1n) is 16.9. The van der Waals surface area contributed by atoms with Crippen molar-refractivity contribution in [2.24, 2.45) is 11.8 Å². The molecule has 0 spiro atoms. The van der Waals surface area contributed by atoms with Crippen LogP contribution in [-0.4, -0.2) is 90.4 Å². The van der Waals surface area contributed by atoms with Gasteiger partial charge in [-0.1, -0.05) is 44.2 Å². The summed E-state index contributed by atoms with van der Waals surface area (Å²) in [7, 11) is 0. The third-order valence-electron chi connectivity index (χ3n) is 9.70. The number of likely N-dealkylation sites (tertiary alicyclic amines) is 1. The molecule has 1 N–H and O–H groups in total. The molecular formula is C36H48N4O5. The molecule has 0 unspecified atom stereocenters. The highest BCUT2D eigenvalue weighted by molar-refractivity contribution is 5.90. The van der Waals surface area contributed by atoms with Gasteiger partial charge < -0.3 is 24.6 Å². The number of carbonyl (C=O) groups is 3. The monoisotopic (exact) mass is 616 g/mol. The smallest absolute Gasteiger partial charge is 0.242 e. The lowest BCUT2D eigenvalue weighted by atomic mass is 10.0. The Hall–Kier alpha value is -3.59. The lowest BCUT2D eigenvalue weighted by Crippen LogP contribution is -2.48. The Morgan fingerprint density at radius 1 is 0.911 bits per heavy atom. The summed E-state index contributed by atoms with van der Waals surface area (Å²) in [6.45, 7) is 9.38. The van der Waals surface area contributed by atoms with Gasteiger partial charge in [0, 0.05) is 45.1 Å². The van der Waals surface area contributed by atoms with Gasteiger partial charge in [-0.3, -0.25) is 19.3 Å². The molecule has 6 rings (SSSR count). The molecule has 2 bridgehead atoms. The van der Waals surface area contributed by atoms with Crippen LogP contribution in [0.15, 0.2) is 42.5 Å². The van der Waals surface area contributed by atoms with Crippen LogP contribution in [0.25, 0.3) is 0 Å². The molecular weight excluding hydrogens is 568 g/mol. The molecule has 1 aliphatic carbocycles. The Morgan fingerprint density at radius 2 is 1.64 bits per heavy atom. The number of benzene rings is 2. The van der Waals surface area contributed by atoms with Gasteiger partial charge in [0.1, 0.15) is 19.3 Å². The standard InChI is InChI=1S/C36H48N4O5/c1-25(2)18-34(41)39-15-7-14-38(23-26-10-11-32-33(19-26)45-17-16-44-32)13-6-5-12-37-35(42)31-22-30(39)24-40(31)36(43)29-20-27-8-3-4-9-28(27)21-29/h3-4,8-11,19,25,29-31H,5-7,12-18,20-24H2,1-2H3,(H,37,42)/t30-,31-/m0/s1. The maximum Gasteiger partial charge on any atom is 0.242 e. The first kappa shape index (κ1) is 31.4. The van der Waals surface area contributed by atoms with Crippen LogP contribution < -0.4 is 14.8 Å². The van der Waals surface area contributed by atoms with E-state index in [0.717, 1.165) is 50.4 Å². The highest BCUT2D eigenvalue weighted by Crippen LogP contribution is 2.33. The second-order valence-corrected chi connectivity index (χ2v) is 13.6. The first-order chi connectivity index (χ1) is 21.9. The summed E-state index contributed by atoms with van der Waals surface area (Å²) in [5.74, 6) is 1.72. The summed E-state index contributed by atoms with van der Waals surface area (Å²) in [6.07, 6.45) is 5.00. The van der Waals surface area contributed by atoms with Crippen molar-refractivity contribution in [3.05, 3.63) is 59.2 Å². The molecule has 4 aliphatic rings. The number of hydrogen-bond donors (Lipinski definition) is 1. The van der Waals surface area contributed by atoms with Crippen molar-refractivity contribution >= 4 is 17.7 Å². The fourth-order valence-electron chi connectivity index (χ4n) is 7.45. The van der Waals surface area contributed by atoms with Crippen LogP contribution in [0.5, 0.6) is 11.5 Å². The van der Waals surface area contributed by atoms with E-state index in [9.17, 15) is 14.4 Å². The van der Waals surface area contributed by atoms with E-state index in [2.05, 4.69) is 48.3 Å². The van der Waals surface area contributed by atoms with Gasteiger partial charge in [-0.15, -0.1) is 0 Å². The van der Waals surface area contributed by atoms with Crippen LogP contribution in [0, 0.1) is 11.8 Å². The summed E-state index contributed by atoms with van der Waals surface area (Å²) in [6, 6.07) is 13.7. The van der Waals surface area contributed by atoms with Crippen molar-refractivity contribution in [3.8, 4) is 11.5 Å². The lowest BCUT2D eigenvalue weighted by Gasteiger charge is -2.31. The first-order valence-corrected chi connectivity index (χ1v) is 16.9. The number of carbonyl (C=O) groups excluding carboxylic acids is 3.